The van der Waals surface area contributed by atoms with Gasteiger partial charge in [-0.25, -0.2) is 4.79 Å². The number of hydrogen-bond acceptors (Lipinski definition) is 6. The molecule has 1 aromatic rings. The molecule has 0 aliphatic heterocycles. The summed E-state index contributed by atoms with van der Waals surface area (Å²) >= 11 is 0. The zero-order chi connectivity index (χ0) is 22.0. The van der Waals surface area contributed by atoms with Gasteiger partial charge in [-0.3, -0.25) is 0 Å². The zero-order valence-corrected chi connectivity index (χ0v) is 18.4. The van der Waals surface area contributed by atoms with E-state index in [1.165, 1.54) is 13.2 Å². The van der Waals surface area contributed by atoms with Gasteiger partial charge >= 0.3 is 5.97 Å². The molecule has 164 valence electrons. The van der Waals surface area contributed by atoms with E-state index in [0.29, 0.717) is 29.2 Å². The van der Waals surface area contributed by atoms with E-state index in [-0.39, 0.29) is 34.7 Å². The van der Waals surface area contributed by atoms with E-state index in [4.69, 9.17) is 9.47 Å². The van der Waals surface area contributed by atoms with Crippen molar-refractivity contribution in [2.45, 2.75) is 59.2 Å². The summed E-state index contributed by atoms with van der Waals surface area (Å²) in [6, 6.07) is 3.07. The van der Waals surface area contributed by atoms with Crippen molar-refractivity contribution in [3.63, 3.8) is 0 Å². The third-order valence-corrected chi connectivity index (χ3v) is 7.70. The number of carbonyl (C=O) groups excluding carboxylic acids is 1. The molecule has 6 nitrogen and oxygen atoms in total. The number of phenols is 1. The number of fused-ring (bicyclic) bond motifs is 3. The van der Waals surface area contributed by atoms with Crippen LogP contribution in [-0.2, 0) is 4.74 Å². The van der Waals surface area contributed by atoms with Crippen LogP contribution >= 0.6 is 0 Å². The minimum absolute atomic E-state index is 0.117. The van der Waals surface area contributed by atoms with Gasteiger partial charge in [0.1, 0.15) is 23.2 Å². The highest BCUT2D eigenvalue weighted by Gasteiger charge is 2.63. The molecular formula is C24H32O6. The maximum absolute atomic E-state index is 12.9. The molecule has 0 bridgehead atoms. The molecule has 0 heterocycles. The summed E-state index contributed by atoms with van der Waals surface area (Å²) in [6.45, 7) is 8.11. The summed E-state index contributed by atoms with van der Waals surface area (Å²) in [5.41, 5.74) is 2.12. The lowest BCUT2D eigenvalue weighted by Gasteiger charge is -2.57. The third kappa shape index (κ3) is 3.04. The van der Waals surface area contributed by atoms with Gasteiger partial charge in [0.2, 0.25) is 0 Å². The van der Waals surface area contributed by atoms with Gasteiger partial charge in [-0.2, -0.15) is 0 Å². The van der Waals surface area contributed by atoms with Crippen LogP contribution in [0.3, 0.4) is 0 Å². The molecule has 30 heavy (non-hydrogen) atoms. The molecule has 2 saturated carbocycles. The number of carbonyl (C=O) groups is 1. The molecule has 0 amide bonds. The molecule has 5 atom stereocenters. The van der Waals surface area contributed by atoms with E-state index in [2.05, 4.69) is 20.8 Å². The van der Waals surface area contributed by atoms with Crippen LogP contribution in [0, 0.1) is 29.6 Å². The number of aliphatic hydroxyl groups excluding tert-OH is 2. The Kier molecular flexibility index (Phi) is 4.94. The van der Waals surface area contributed by atoms with Crippen molar-refractivity contribution in [3.8, 4) is 11.5 Å². The van der Waals surface area contributed by atoms with Crippen molar-refractivity contribution in [1.29, 1.82) is 0 Å². The Labute approximate surface area is 177 Å². The first-order chi connectivity index (χ1) is 14.0. The van der Waals surface area contributed by atoms with Gasteiger partial charge in [0.25, 0.3) is 0 Å². The van der Waals surface area contributed by atoms with Crippen LogP contribution in [0.4, 0.5) is 0 Å². The minimum atomic E-state index is -0.706. The van der Waals surface area contributed by atoms with Gasteiger partial charge in [-0.15, -0.1) is 0 Å². The summed E-state index contributed by atoms with van der Waals surface area (Å²) in [5.74, 6) is 0.108. The molecule has 0 unspecified atom stereocenters. The van der Waals surface area contributed by atoms with Crippen molar-refractivity contribution in [3.05, 3.63) is 34.4 Å². The van der Waals surface area contributed by atoms with Crippen molar-refractivity contribution in [2.24, 2.45) is 22.7 Å². The Hall–Kier alpha value is -2.05. The molecule has 0 spiro atoms. The Balaban J connectivity index is 1.63. The molecule has 0 aromatic heterocycles. The number of rotatable bonds is 4. The predicted molar refractivity (Wildman–Crippen MR) is 111 cm³/mol. The normalized spacial score (nSPS) is 34.1. The third-order valence-electron chi connectivity index (χ3n) is 7.70. The fourth-order valence-corrected chi connectivity index (χ4v) is 6.40. The van der Waals surface area contributed by atoms with Crippen LogP contribution in [-0.4, -0.2) is 47.2 Å². The van der Waals surface area contributed by atoms with E-state index in [1.54, 1.807) is 13.0 Å². The monoisotopic (exact) mass is 416 g/mol. The fraction of sp³-hybridized carbons (Fsp3) is 0.625. The highest BCUT2D eigenvalue weighted by atomic mass is 16.5. The second-order valence-corrected chi connectivity index (χ2v) is 10.2. The fourth-order valence-electron chi connectivity index (χ4n) is 6.40. The Morgan fingerprint density at radius 3 is 2.50 bits per heavy atom. The highest BCUT2D eigenvalue weighted by molar-refractivity contribution is 5.94. The summed E-state index contributed by atoms with van der Waals surface area (Å²) in [4.78, 5) is 12.9. The second kappa shape index (κ2) is 6.99. The Morgan fingerprint density at radius 1 is 1.20 bits per heavy atom. The standard InChI is InChI=1S/C24H32O6/c1-12-6-13(29-5)7-17(26)19(12)22(28)30-18-10-24(4)16-9-23(2,3)8-14(16)21(27)15(11-25)20(18)24/h6-7,14,16,18,21,25-27H,8-11H2,1-5H3/t14-,16+,18-,21+,24-/m1/s1. The van der Waals surface area contributed by atoms with Gasteiger partial charge in [0.15, 0.2) is 0 Å². The van der Waals surface area contributed by atoms with Crippen molar-refractivity contribution < 1.29 is 29.6 Å². The predicted octanol–water partition coefficient (Wildman–Crippen LogP) is 3.36. The number of esters is 1. The molecule has 3 aliphatic carbocycles. The van der Waals surface area contributed by atoms with Crippen LogP contribution in [0.2, 0.25) is 0 Å². The number of phenolic OH excluding ortho intramolecular Hbond substituents is 1. The smallest absolute Gasteiger partial charge is 0.342 e. The molecule has 3 N–H and O–H groups in total. The lowest BCUT2D eigenvalue weighted by atomic mass is 9.49. The van der Waals surface area contributed by atoms with Gasteiger partial charge in [-0.05, 0) is 71.6 Å². The molecule has 4 rings (SSSR count). The largest absolute Gasteiger partial charge is 0.507 e. The average molecular weight is 417 g/mol. The first-order valence-electron chi connectivity index (χ1n) is 10.6. The first-order valence-corrected chi connectivity index (χ1v) is 10.6. The Morgan fingerprint density at radius 2 is 1.90 bits per heavy atom. The van der Waals surface area contributed by atoms with Gasteiger partial charge in [-0.1, -0.05) is 20.8 Å². The maximum Gasteiger partial charge on any atom is 0.342 e. The molecule has 6 heteroatoms. The molecular weight excluding hydrogens is 384 g/mol. The van der Waals surface area contributed by atoms with Crippen molar-refractivity contribution >= 4 is 5.97 Å². The van der Waals surface area contributed by atoms with Crippen molar-refractivity contribution in [2.75, 3.05) is 13.7 Å². The molecule has 2 fully saturated rings. The summed E-state index contributed by atoms with van der Waals surface area (Å²) < 4.78 is 10.9. The second-order valence-electron chi connectivity index (χ2n) is 10.2. The quantitative estimate of drug-likeness (QED) is 0.515. The van der Waals surface area contributed by atoms with E-state index in [9.17, 15) is 20.1 Å². The van der Waals surface area contributed by atoms with Crippen molar-refractivity contribution in [1.82, 2.24) is 0 Å². The number of aliphatic hydroxyl groups is 2. The minimum Gasteiger partial charge on any atom is -0.507 e. The number of aromatic hydroxyl groups is 1. The van der Waals surface area contributed by atoms with Crippen LogP contribution in [0.5, 0.6) is 11.5 Å². The number of ether oxygens (including phenoxy) is 2. The average Bonchev–Trinajstić information content (AvgIpc) is 2.99. The molecule has 0 radical (unpaired) electrons. The summed E-state index contributed by atoms with van der Waals surface area (Å²) in [7, 11) is 1.50. The summed E-state index contributed by atoms with van der Waals surface area (Å²) in [5, 5.41) is 31.4. The van der Waals surface area contributed by atoms with Gasteiger partial charge in [0, 0.05) is 6.07 Å². The van der Waals surface area contributed by atoms with Crippen LogP contribution in [0.1, 0.15) is 56.0 Å². The van der Waals surface area contributed by atoms with Crippen LogP contribution < -0.4 is 4.74 Å². The zero-order valence-electron chi connectivity index (χ0n) is 18.4. The lowest BCUT2D eigenvalue weighted by molar-refractivity contribution is -0.0571. The van der Waals surface area contributed by atoms with E-state index in [1.807, 2.05) is 0 Å². The molecule has 3 aliphatic rings. The molecule has 0 saturated heterocycles. The number of benzene rings is 1. The first kappa shape index (κ1) is 21.2. The lowest BCUT2D eigenvalue weighted by Crippen LogP contribution is -2.56. The molecule has 1 aromatic carbocycles. The highest BCUT2D eigenvalue weighted by Crippen LogP contribution is 2.66. The summed E-state index contributed by atoms with van der Waals surface area (Å²) in [6.07, 6.45) is 1.39. The van der Waals surface area contributed by atoms with E-state index in [0.717, 1.165) is 18.4 Å². The van der Waals surface area contributed by atoms with Crippen LogP contribution in [0.15, 0.2) is 23.3 Å². The number of methoxy groups -OCH3 is 1. The van der Waals surface area contributed by atoms with Crippen LogP contribution in [0.25, 0.3) is 0 Å². The maximum atomic E-state index is 12.9. The van der Waals surface area contributed by atoms with E-state index < -0.39 is 18.2 Å². The topological polar surface area (TPSA) is 96.2 Å². The van der Waals surface area contributed by atoms with E-state index >= 15 is 0 Å². The SMILES string of the molecule is COc1cc(C)c(C(=O)O[C@@H]2C[C@@]3(C)C2=C(CO)[C@@H](O)[C@@H]2CC(C)(C)C[C@@H]23)c(O)c1. The Bertz CT molecular complexity index is 893. The van der Waals surface area contributed by atoms with Gasteiger partial charge in [0.05, 0.1) is 19.8 Å². The number of hydrogen-bond donors (Lipinski definition) is 3. The number of aryl methyl sites for hydroxylation is 1. The van der Waals surface area contributed by atoms with Gasteiger partial charge < -0.3 is 24.8 Å².